The Hall–Kier alpha value is -2.52. The Kier molecular flexibility index (Phi) is 8.99. The second-order valence-corrected chi connectivity index (χ2v) is 9.60. The molecule has 0 aliphatic heterocycles. The van der Waals surface area contributed by atoms with E-state index in [0.29, 0.717) is 35.1 Å². The lowest BCUT2D eigenvalue weighted by atomic mass is 9.96. The number of unbranched alkanes of at least 4 members (excludes halogenated alkanes) is 1. The van der Waals surface area contributed by atoms with E-state index in [2.05, 4.69) is 4.98 Å². The second-order valence-electron chi connectivity index (χ2n) is 7.00. The average Bonchev–Trinajstić information content (AvgIpc) is 3.20. The van der Waals surface area contributed by atoms with E-state index in [1.807, 2.05) is 42.5 Å². The van der Waals surface area contributed by atoms with Gasteiger partial charge in [0, 0.05) is 30.9 Å². The molecule has 0 aliphatic carbocycles. The maximum absolute atomic E-state index is 11.7. The summed E-state index contributed by atoms with van der Waals surface area (Å²) in [6.07, 6.45) is 7.49. The van der Waals surface area contributed by atoms with Gasteiger partial charge in [-0.3, -0.25) is 18.6 Å². The van der Waals surface area contributed by atoms with Gasteiger partial charge in [0.25, 0.3) is 11.3 Å². The van der Waals surface area contributed by atoms with Crippen LogP contribution in [0.1, 0.15) is 36.0 Å². The molecule has 6 nitrogen and oxygen atoms in total. The van der Waals surface area contributed by atoms with Crippen molar-refractivity contribution in [2.45, 2.75) is 25.7 Å². The van der Waals surface area contributed by atoms with Gasteiger partial charge in [0.1, 0.15) is 5.00 Å². The number of allylic oxidation sites excluding steroid dienone is 1. The van der Waals surface area contributed by atoms with Crippen LogP contribution in [0, 0.1) is 0 Å². The molecule has 3 rings (SSSR count). The van der Waals surface area contributed by atoms with Gasteiger partial charge in [0.05, 0.1) is 4.34 Å². The number of hydrogen-bond donors (Lipinski definition) is 2. The van der Waals surface area contributed by atoms with Crippen molar-refractivity contribution in [1.29, 1.82) is 0 Å². The summed E-state index contributed by atoms with van der Waals surface area (Å²) < 4.78 is 23.4. The molecule has 168 valence electrons. The Morgan fingerprint density at radius 3 is 2.53 bits per heavy atom. The van der Waals surface area contributed by atoms with E-state index >= 15 is 0 Å². The van der Waals surface area contributed by atoms with Gasteiger partial charge in [-0.25, -0.2) is 4.21 Å². The van der Waals surface area contributed by atoms with Gasteiger partial charge in [-0.05, 0) is 54.2 Å². The fraction of sp³-hybridized carbons (Fsp3) is 0.217. The molecule has 0 fully saturated rings. The molecule has 32 heavy (non-hydrogen) atoms. The van der Waals surface area contributed by atoms with Gasteiger partial charge in [0.2, 0.25) is 0 Å². The third-order valence-electron chi connectivity index (χ3n) is 4.78. The van der Waals surface area contributed by atoms with Crippen LogP contribution in [0.15, 0.2) is 67.0 Å². The number of carboxylic acids is 1. The molecule has 0 amide bonds. The van der Waals surface area contributed by atoms with E-state index in [1.165, 1.54) is 15.6 Å². The van der Waals surface area contributed by atoms with E-state index in [4.69, 9.17) is 16.7 Å². The van der Waals surface area contributed by atoms with Crippen molar-refractivity contribution in [2.75, 3.05) is 10.8 Å². The van der Waals surface area contributed by atoms with E-state index in [9.17, 15) is 13.6 Å². The van der Waals surface area contributed by atoms with Crippen molar-refractivity contribution < 1.29 is 18.7 Å². The van der Waals surface area contributed by atoms with Crippen molar-refractivity contribution in [3.05, 3.63) is 88.0 Å². The van der Waals surface area contributed by atoms with Crippen molar-refractivity contribution in [3.8, 4) is 0 Å². The van der Waals surface area contributed by atoms with Gasteiger partial charge in [-0.1, -0.05) is 48.0 Å². The number of pyridine rings is 1. The summed E-state index contributed by atoms with van der Waals surface area (Å²) in [5.74, 6) is -0.798. The number of rotatable bonds is 11. The van der Waals surface area contributed by atoms with E-state index in [-0.39, 0.29) is 6.42 Å². The molecule has 1 atom stereocenters. The minimum absolute atomic E-state index is 0.133. The maximum Gasteiger partial charge on any atom is 0.303 e. The first-order valence-electron chi connectivity index (χ1n) is 9.99. The standard InChI is InChI=1S/C23H23ClN2O4S2/c24-21-11-12-22(31-21)26(32(29)30)15-13-17-7-9-18(10-8-17)20(5-1-2-6-23(27)28)19-4-3-14-25-16-19/h3-5,7-12,14,16H,1-2,6,13,15H2,(H,27,28)(H,29,30). The third kappa shape index (κ3) is 7.00. The molecule has 1 aromatic carbocycles. The molecule has 3 aromatic rings. The minimum atomic E-state index is -2.13. The van der Waals surface area contributed by atoms with Crippen LogP contribution in [-0.4, -0.2) is 31.4 Å². The summed E-state index contributed by atoms with van der Waals surface area (Å²) in [7, 11) is 0. The maximum atomic E-state index is 11.7. The molecule has 0 saturated heterocycles. The van der Waals surface area contributed by atoms with Crippen molar-refractivity contribution in [1.82, 2.24) is 4.98 Å². The van der Waals surface area contributed by atoms with Gasteiger partial charge in [-0.15, -0.1) is 11.3 Å². The smallest absolute Gasteiger partial charge is 0.303 e. The van der Waals surface area contributed by atoms with Crippen molar-refractivity contribution in [2.24, 2.45) is 0 Å². The molecule has 2 heterocycles. The second kappa shape index (κ2) is 11.9. The van der Waals surface area contributed by atoms with E-state index in [1.54, 1.807) is 24.5 Å². The fourth-order valence-electron chi connectivity index (χ4n) is 3.21. The lowest BCUT2D eigenvalue weighted by Crippen LogP contribution is -2.26. The summed E-state index contributed by atoms with van der Waals surface area (Å²) in [5.41, 5.74) is 4.00. The number of hydrogen-bond acceptors (Lipinski definition) is 4. The van der Waals surface area contributed by atoms with E-state index in [0.717, 1.165) is 22.3 Å². The van der Waals surface area contributed by atoms with Crippen LogP contribution in [0.25, 0.3) is 5.57 Å². The first-order chi connectivity index (χ1) is 15.4. The number of benzene rings is 1. The highest BCUT2D eigenvalue weighted by Crippen LogP contribution is 2.30. The quantitative estimate of drug-likeness (QED) is 0.267. The van der Waals surface area contributed by atoms with Crippen LogP contribution in [0.3, 0.4) is 0 Å². The Morgan fingerprint density at radius 1 is 1.16 bits per heavy atom. The highest BCUT2D eigenvalue weighted by molar-refractivity contribution is 7.81. The number of nitrogens with zero attached hydrogens (tertiary/aromatic N) is 2. The number of halogens is 1. The number of aliphatic carboxylic acids is 1. The number of carboxylic acid groups (broad SMARTS) is 1. The molecule has 9 heteroatoms. The van der Waals surface area contributed by atoms with Crippen molar-refractivity contribution >= 4 is 50.7 Å². The van der Waals surface area contributed by atoms with Gasteiger partial charge in [-0.2, -0.15) is 0 Å². The lowest BCUT2D eigenvalue weighted by molar-refractivity contribution is -0.137. The molecule has 0 spiro atoms. The largest absolute Gasteiger partial charge is 0.481 e. The zero-order valence-corrected chi connectivity index (χ0v) is 19.6. The summed E-state index contributed by atoms with van der Waals surface area (Å²) in [4.78, 5) is 15.0. The molecular formula is C23H23ClN2O4S2. The monoisotopic (exact) mass is 490 g/mol. The van der Waals surface area contributed by atoms with Gasteiger partial charge in [0.15, 0.2) is 0 Å². The molecule has 0 bridgehead atoms. The predicted molar refractivity (Wildman–Crippen MR) is 130 cm³/mol. The minimum Gasteiger partial charge on any atom is -0.481 e. The van der Waals surface area contributed by atoms with Gasteiger partial charge < -0.3 is 5.11 Å². The molecule has 0 radical (unpaired) electrons. The average molecular weight is 491 g/mol. The number of aromatic nitrogens is 1. The Bertz CT molecular complexity index is 1080. The number of carbonyl (C=O) groups is 1. The van der Waals surface area contributed by atoms with Crippen LogP contribution in [0.4, 0.5) is 5.00 Å². The van der Waals surface area contributed by atoms with Crippen LogP contribution in [-0.2, 0) is 22.5 Å². The fourth-order valence-corrected chi connectivity index (χ4v) is 4.94. The highest BCUT2D eigenvalue weighted by Gasteiger charge is 2.15. The molecule has 2 N–H and O–H groups in total. The van der Waals surface area contributed by atoms with Crippen LogP contribution in [0.5, 0.6) is 0 Å². The first kappa shape index (κ1) is 24.1. The first-order valence-corrected chi connectivity index (χ1v) is 12.3. The zero-order chi connectivity index (χ0) is 22.9. The third-order valence-corrected chi connectivity index (χ3v) is 6.90. The lowest BCUT2D eigenvalue weighted by Gasteiger charge is -2.18. The summed E-state index contributed by atoms with van der Waals surface area (Å²) in [6, 6.07) is 15.3. The topological polar surface area (TPSA) is 90.7 Å². The Balaban J connectivity index is 1.72. The Labute approximate surface area is 198 Å². The van der Waals surface area contributed by atoms with Gasteiger partial charge >= 0.3 is 5.97 Å². The normalized spacial score (nSPS) is 12.5. The summed E-state index contributed by atoms with van der Waals surface area (Å²) in [6.45, 7) is 0.375. The highest BCUT2D eigenvalue weighted by atomic mass is 35.5. The predicted octanol–water partition coefficient (Wildman–Crippen LogP) is 5.67. The molecule has 0 saturated carbocycles. The number of thiophene rings is 1. The Morgan fingerprint density at radius 2 is 1.94 bits per heavy atom. The van der Waals surface area contributed by atoms with E-state index < -0.39 is 17.2 Å². The molecule has 0 aliphatic rings. The summed E-state index contributed by atoms with van der Waals surface area (Å²) in [5, 5.41) is 9.51. The molecule has 1 unspecified atom stereocenters. The SMILES string of the molecule is O=C(O)CCCC=C(c1ccc(CCN(c2ccc(Cl)s2)S(=O)O)cc1)c1cccnc1. The van der Waals surface area contributed by atoms with Crippen LogP contribution >= 0.6 is 22.9 Å². The van der Waals surface area contributed by atoms with Crippen molar-refractivity contribution in [3.63, 3.8) is 0 Å². The van der Waals surface area contributed by atoms with Crippen LogP contribution in [0.2, 0.25) is 4.34 Å². The summed E-state index contributed by atoms with van der Waals surface area (Å²) >= 11 is 5.09. The zero-order valence-electron chi connectivity index (χ0n) is 17.2. The molecule has 2 aromatic heterocycles. The number of anilines is 1. The van der Waals surface area contributed by atoms with Crippen LogP contribution < -0.4 is 4.31 Å². The molecular weight excluding hydrogens is 468 g/mol.